The normalized spacial score (nSPS) is 15.0. The summed E-state index contributed by atoms with van der Waals surface area (Å²) in [6.45, 7) is 7.25. The first kappa shape index (κ1) is 15.3. The number of nitrogens with zero attached hydrogens (tertiary/aromatic N) is 6. The summed E-state index contributed by atoms with van der Waals surface area (Å²) in [5.41, 5.74) is 0. The third-order valence-electron chi connectivity index (χ3n) is 3.35. The maximum absolute atomic E-state index is 11.4. The molecule has 1 saturated heterocycles. The summed E-state index contributed by atoms with van der Waals surface area (Å²) in [6, 6.07) is 0. The molecule has 1 amide bonds. The van der Waals surface area contributed by atoms with Gasteiger partial charge < -0.3 is 20.0 Å². The van der Waals surface area contributed by atoms with E-state index >= 15 is 0 Å². The highest BCUT2D eigenvalue weighted by atomic mass is 16.2. The Balaban J connectivity index is 2.17. The van der Waals surface area contributed by atoms with Gasteiger partial charge in [-0.05, 0) is 6.92 Å². The van der Waals surface area contributed by atoms with E-state index in [-0.39, 0.29) is 5.91 Å². The quantitative estimate of drug-likeness (QED) is 0.839. The third kappa shape index (κ3) is 3.71. The average Bonchev–Trinajstić information content (AvgIpc) is 2.47. The van der Waals surface area contributed by atoms with Crippen LogP contribution in [0.1, 0.15) is 13.8 Å². The molecule has 1 aliphatic rings. The van der Waals surface area contributed by atoms with Gasteiger partial charge in [0.2, 0.25) is 23.8 Å². The van der Waals surface area contributed by atoms with E-state index in [9.17, 15) is 4.79 Å². The van der Waals surface area contributed by atoms with E-state index in [1.807, 2.05) is 30.8 Å². The predicted molar refractivity (Wildman–Crippen MR) is 82.8 cm³/mol. The molecule has 2 heterocycles. The van der Waals surface area contributed by atoms with Crippen LogP contribution in [0.4, 0.5) is 17.8 Å². The molecule has 0 bridgehead atoms. The van der Waals surface area contributed by atoms with Crippen molar-refractivity contribution < 1.29 is 4.79 Å². The van der Waals surface area contributed by atoms with Crippen LogP contribution in [0.15, 0.2) is 0 Å². The fourth-order valence-corrected chi connectivity index (χ4v) is 2.15. The molecular weight excluding hydrogens is 270 g/mol. The van der Waals surface area contributed by atoms with Gasteiger partial charge >= 0.3 is 0 Å². The van der Waals surface area contributed by atoms with Crippen LogP contribution in [-0.2, 0) is 4.79 Å². The largest absolute Gasteiger partial charge is 0.354 e. The molecule has 0 spiro atoms. The van der Waals surface area contributed by atoms with Crippen molar-refractivity contribution in [3.8, 4) is 0 Å². The number of rotatable bonds is 4. The molecule has 1 N–H and O–H groups in total. The maximum atomic E-state index is 11.4. The molecule has 0 atom stereocenters. The van der Waals surface area contributed by atoms with Gasteiger partial charge in [-0.25, -0.2) is 0 Å². The number of amides is 1. The third-order valence-corrected chi connectivity index (χ3v) is 3.35. The van der Waals surface area contributed by atoms with Crippen LogP contribution in [0.25, 0.3) is 0 Å². The molecule has 2 rings (SSSR count). The van der Waals surface area contributed by atoms with Crippen molar-refractivity contribution in [3.05, 3.63) is 0 Å². The predicted octanol–water partition coefficient (Wildman–Crippen LogP) is 0.0379. The summed E-state index contributed by atoms with van der Waals surface area (Å²) >= 11 is 0. The highest BCUT2D eigenvalue weighted by molar-refractivity contribution is 5.73. The number of aromatic nitrogens is 3. The zero-order chi connectivity index (χ0) is 15.4. The zero-order valence-corrected chi connectivity index (χ0v) is 13.1. The van der Waals surface area contributed by atoms with Gasteiger partial charge in [0.25, 0.3) is 0 Å². The second-order valence-corrected chi connectivity index (χ2v) is 5.18. The highest BCUT2D eigenvalue weighted by Gasteiger charge is 2.21. The van der Waals surface area contributed by atoms with Gasteiger partial charge in [-0.15, -0.1) is 0 Å². The molecule has 0 aliphatic carbocycles. The van der Waals surface area contributed by atoms with Gasteiger partial charge in [0.1, 0.15) is 0 Å². The molecule has 1 aliphatic heterocycles. The van der Waals surface area contributed by atoms with Gasteiger partial charge in [0, 0.05) is 53.7 Å². The van der Waals surface area contributed by atoms with Gasteiger partial charge in [-0.1, -0.05) is 0 Å². The lowest BCUT2D eigenvalue weighted by Gasteiger charge is -2.34. The van der Waals surface area contributed by atoms with E-state index in [1.165, 1.54) is 0 Å². The summed E-state index contributed by atoms with van der Waals surface area (Å²) in [6.07, 6.45) is 0. The number of carbonyl (C=O) groups excluding carboxylic acids is 1. The Morgan fingerprint density at radius 2 is 1.86 bits per heavy atom. The van der Waals surface area contributed by atoms with E-state index < -0.39 is 0 Å². The maximum Gasteiger partial charge on any atom is 0.232 e. The fraction of sp³-hybridized carbons (Fsp3) is 0.692. The summed E-state index contributed by atoms with van der Waals surface area (Å²) in [5.74, 6) is 1.99. The van der Waals surface area contributed by atoms with Gasteiger partial charge in [-0.3, -0.25) is 4.79 Å². The SMILES string of the molecule is CCNc1nc(N(C)C)nc(N2CCN(C(C)=O)CC2)n1. The molecule has 116 valence electrons. The molecule has 8 heteroatoms. The number of nitrogens with one attached hydrogen (secondary N) is 1. The van der Waals surface area contributed by atoms with Crippen LogP contribution in [0.2, 0.25) is 0 Å². The van der Waals surface area contributed by atoms with Crippen LogP contribution in [-0.4, -0.2) is 72.6 Å². The Morgan fingerprint density at radius 3 is 2.38 bits per heavy atom. The van der Waals surface area contributed by atoms with Crippen LogP contribution >= 0.6 is 0 Å². The first-order valence-corrected chi connectivity index (χ1v) is 7.19. The molecule has 1 aromatic rings. The first-order chi connectivity index (χ1) is 10.0. The Kier molecular flexibility index (Phi) is 4.77. The van der Waals surface area contributed by atoms with Gasteiger partial charge in [-0.2, -0.15) is 15.0 Å². The summed E-state index contributed by atoms with van der Waals surface area (Å²) in [4.78, 5) is 30.5. The lowest BCUT2D eigenvalue weighted by molar-refractivity contribution is -0.129. The second kappa shape index (κ2) is 6.55. The van der Waals surface area contributed by atoms with Crippen molar-refractivity contribution in [3.63, 3.8) is 0 Å². The van der Waals surface area contributed by atoms with Gasteiger partial charge in [0.05, 0.1) is 0 Å². The Bertz CT molecular complexity index is 497. The minimum absolute atomic E-state index is 0.118. The van der Waals surface area contributed by atoms with Crippen molar-refractivity contribution in [2.24, 2.45) is 0 Å². The monoisotopic (exact) mass is 293 g/mol. The highest BCUT2D eigenvalue weighted by Crippen LogP contribution is 2.16. The number of hydrogen-bond donors (Lipinski definition) is 1. The molecule has 0 radical (unpaired) electrons. The van der Waals surface area contributed by atoms with E-state index in [1.54, 1.807) is 6.92 Å². The van der Waals surface area contributed by atoms with E-state index in [0.717, 1.165) is 19.6 Å². The lowest BCUT2D eigenvalue weighted by atomic mass is 10.3. The number of piperazine rings is 1. The number of anilines is 3. The second-order valence-electron chi connectivity index (χ2n) is 5.18. The van der Waals surface area contributed by atoms with E-state index in [2.05, 4.69) is 25.2 Å². The summed E-state index contributed by atoms with van der Waals surface area (Å²) in [5, 5.41) is 3.13. The molecule has 8 nitrogen and oxygen atoms in total. The molecule has 0 unspecified atom stereocenters. The van der Waals surface area contributed by atoms with Crippen LogP contribution in [0, 0.1) is 0 Å². The zero-order valence-electron chi connectivity index (χ0n) is 13.1. The lowest BCUT2D eigenvalue weighted by Crippen LogP contribution is -2.48. The minimum Gasteiger partial charge on any atom is -0.354 e. The Labute approximate surface area is 125 Å². The van der Waals surface area contributed by atoms with Crippen molar-refractivity contribution in [1.82, 2.24) is 19.9 Å². The first-order valence-electron chi connectivity index (χ1n) is 7.19. The Morgan fingerprint density at radius 1 is 1.19 bits per heavy atom. The topological polar surface area (TPSA) is 77.5 Å². The van der Waals surface area contributed by atoms with E-state index in [0.29, 0.717) is 30.9 Å². The van der Waals surface area contributed by atoms with E-state index in [4.69, 9.17) is 0 Å². The van der Waals surface area contributed by atoms with Crippen LogP contribution in [0.5, 0.6) is 0 Å². The molecule has 21 heavy (non-hydrogen) atoms. The summed E-state index contributed by atoms with van der Waals surface area (Å²) in [7, 11) is 3.81. The van der Waals surface area contributed by atoms with Crippen LogP contribution in [0.3, 0.4) is 0 Å². The smallest absolute Gasteiger partial charge is 0.232 e. The Hall–Kier alpha value is -2.12. The van der Waals surface area contributed by atoms with Crippen molar-refractivity contribution in [2.45, 2.75) is 13.8 Å². The molecule has 1 fully saturated rings. The molecule has 0 saturated carbocycles. The van der Waals surface area contributed by atoms with Crippen LogP contribution < -0.4 is 15.1 Å². The summed E-state index contributed by atoms with van der Waals surface area (Å²) < 4.78 is 0. The average molecular weight is 293 g/mol. The van der Waals surface area contributed by atoms with Crippen molar-refractivity contribution in [1.29, 1.82) is 0 Å². The number of carbonyl (C=O) groups is 1. The molecule has 1 aromatic heterocycles. The number of hydrogen-bond acceptors (Lipinski definition) is 7. The standard InChI is InChI=1S/C13H23N7O/c1-5-14-11-15-12(18(3)4)17-13(16-11)20-8-6-19(7-9-20)10(2)21/h5-9H2,1-4H3,(H,14,15,16,17). The van der Waals surface area contributed by atoms with Gasteiger partial charge in [0.15, 0.2) is 0 Å². The minimum atomic E-state index is 0.118. The van der Waals surface area contributed by atoms with Crippen molar-refractivity contribution >= 4 is 23.8 Å². The van der Waals surface area contributed by atoms with Crippen molar-refractivity contribution in [2.75, 3.05) is 61.9 Å². The molecular formula is C13H23N7O. The fourth-order valence-electron chi connectivity index (χ4n) is 2.15. The molecule has 0 aromatic carbocycles.